The lowest BCUT2D eigenvalue weighted by Crippen LogP contribution is -2.45. The van der Waals surface area contributed by atoms with Crippen LogP contribution < -0.4 is 10.1 Å². The van der Waals surface area contributed by atoms with E-state index < -0.39 is 0 Å². The van der Waals surface area contributed by atoms with Crippen molar-refractivity contribution in [1.29, 1.82) is 0 Å². The zero-order valence-corrected chi connectivity index (χ0v) is 16.3. The number of hydrogen-bond acceptors (Lipinski definition) is 4. The summed E-state index contributed by atoms with van der Waals surface area (Å²) >= 11 is 0. The molecule has 0 spiro atoms. The molecule has 1 unspecified atom stereocenters. The van der Waals surface area contributed by atoms with Gasteiger partial charge in [0.1, 0.15) is 5.75 Å². The van der Waals surface area contributed by atoms with E-state index >= 15 is 0 Å². The van der Waals surface area contributed by atoms with Crippen molar-refractivity contribution in [2.75, 3.05) is 20.3 Å². The molecule has 0 radical (unpaired) electrons. The molecule has 3 N–H and O–H groups in total. The average Bonchev–Trinajstić information content (AvgIpc) is 2.59. The van der Waals surface area contributed by atoms with Crippen LogP contribution in [0.25, 0.3) is 0 Å². The fourth-order valence-electron chi connectivity index (χ4n) is 3.01. The van der Waals surface area contributed by atoms with Crippen LogP contribution in [-0.4, -0.2) is 42.1 Å². The van der Waals surface area contributed by atoms with Gasteiger partial charge in [-0.2, -0.15) is 0 Å². The largest absolute Gasteiger partial charge is 0.497 e. The number of β-amino-alcohol motifs (C(OH)–C–C–N with tert-alkyl or cyclic N) is 1. The maximum absolute atomic E-state index is 10.2. The Balaban J connectivity index is 2.18. The van der Waals surface area contributed by atoms with E-state index in [4.69, 9.17) is 9.84 Å². The Morgan fingerprint density at radius 1 is 1.00 bits per heavy atom. The predicted octanol–water partition coefficient (Wildman–Crippen LogP) is 3.69. The Morgan fingerprint density at radius 3 is 2.20 bits per heavy atom. The first-order valence-corrected chi connectivity index (χ1v) is 9.64. The van der Waals surface area contributed by atoms with Crippen LogP contribution in [0.3, 0.4) is 0 Å². The van der Waals surface area contributed by atoms with Crippen molar-refractivity contribution in [1.82, 2.24) is 5.32 Å². The third-order valence-electron chi connectivity index (χ3n) is 4.57. The van der Waals surface area contributed by atoms with Gasteiger partial charge in [-0.15, -0.1) is 0 Å². The lowest BCUT2D eigenvalue weighted by Gasteiger charge is -2.28. The number of nitrogens with one attached hydrogen (secondary N) is 1. The van der Waals surface area contributed by atoms with Crippen molar-refractivity contribution >= 4 is 0 Å². The molecule has 1 aromatic rings. The fourth-order valence-corrected chi connectivity index (χ4v) is 3.01. The minimum absolute atomic E-state index is 0.0557. The first-order chi connectivity index (χ1) is 12.0. The van der Waals surface area contributed by atoms with Crippen LogP contribution in [0.5, 0.6) is 5.75 Å². The Kier molecular flexibility index (Phi) is 10.8. The Hall–Kier alpha value is -1.10. The van der Waals surface area contributed by atoms with E-state index in [1.165, 1.54) is 18.4 Å². The van der Waals surface area contributed by atoms with Crippen LogP contribution in [0.4, 0.5) is 0 Å². The van der Waals surface area contributed by atoms with Crippen LogP contribution in [0.1, 0.15) is 64.4 Å². The van der Waals surface area contributed by atoms with Crippen LogP contribution in [0.2, 0.25) is 0 Å². The number of methoxy groups -OCH3 is 1. The van der Waals surface area contributed by atoms with Gasteiger partial charge in [0.15, 0.2) is 0 Å². The summed E-state index contributed by atoms with van der Waals surface area (Å²) in [6.45, 7) is 5.28. The second-order valence-electron chi connectivity index (χ2n) is 7.58. The highest BCUT2D eigenvalue weighted by molar-refractivity contribution is 5.28. The molecule has 0 aliphatic heterocycles. The molecular formula is C21H37NO3. The van der Waals surface area contributed by atoms with Crippen molar-refractivity contribution in [2.24, 2.45) is 0 Å². The van der Waals surface area contributed by atoms with E-state index in [9.17, 15) is 5.11 Å². The van der Waals surface area contributed by atoms with Gasteiger partial charge in [-0.3, -0.25) is 0 Å². The normalized spacial score (nSPS) is 13.0. The van der Waals surface area contributed by atoms with Gasteiger partial charge in [-0.05, 0) is 50.8 Å². The molecular weight excluding hydrogens is 314 g/mol. The Morgan fingerprint density at radius 2 is 1.60 bits per heavy atom. The summed E-state index contributed by atoms with van der Waals surface area (Å²) in [5.74, 6) is 0.876. The van der Waals surface area contributed by atoms with Crippen LogP contribution in [0, 0.1) is 0 Å². The fraction of sp³-hybridized carbons (Fsp3) is 0.714. The first-order valence-electron chi connectivity index (χ1n) is 9.64. The van der Waals surface area contributed by atoms with Gasteiger partial charge in [0.05, 0.1) is 13.2 Å². The Bertz CT molecular complexity index is 445. The van der Waals surface area contributed by atoms with Gasteiger partial charge in [0, 0.05) is 18.7 Å². The molecule has 0 saturated carbocycles. The lowest BCUT2D eigenvalue weighted by molar-refractivity contribution is 0.146. The van der Waals surface area contributed by atoms with E-state index in [0.717, 1.165) is 44.3 Å². The summed E-state index contributed by atoms with van der Waals surface area (Å²) in [7, 11) is 1.68. The minimum atomic E-state index is -0.285. The monoisotopic (exact) mass is 351 g/mol. The molecule has 0 heterocycles. The van der Waals surface area contributed by atoms with Crippen molar-refractivity contribution in [3.8, 4) is 5.75 Å². The van der Waals surface area contributed by atoms with Crippen LogP contribution >= 0.6 is 0 Å². The zero-order valence-electron chi connectivity index (χ0n) is 16.3. The van der Waals surface area contributed by atoms with E-state index in [1.807, 2.05) is 12.1 Å². The topological polar surface area (TPSA) is 61.7 Å². The molecule has 1 atom stereocenters. The molecule has 25 heavy (non-hydrogen) atoms. The zero-order chi connectivity index (χ0) is 18.5. The molecule has 1 rings (SSSR count). The number of ether oxygens (including phenoxy) is 1. The third kappa shape index (κ3) is 10.5. The lowest BCUT2D eigenvalue weighted by atomic mass is 9.94. The van der Waals surface area contributed by atoms with Gasteiger partial charge in [-0.1, -0.05) is 44.2 Å². The molecule has 0 aliphatic carbocycles. The van der Waals surface area contributed by atoms with E-state index in [0.29, 0.717) is 13.2 Å². The standard InChI is InChI=1S/C21H37NO3/c1-21(2,16-18-11-13-20(25-3)14-12-18)22-17-19(24)10-8-6-4-5-7-9-15-23/h11-14,19,22-24H,4-10,15-17H2,1-3H3. The maximum atomic E-state index is 10.2. The van der Waals surface area contributed by atoms with E-state index in [-0.39, 0.29) is 11.6 Å². The molecule has 0 amide bonds. The van der Waals surface area contributed by atoms with Crippen molar-refractivity contribution < 1.29 is 14.9 Å². The van der Waals surface area contributed by atoms with E-state index in [2.05, 4.69) is 31.3 Å². The van der Waals surface area contributed by atoms with Crippen LogP contribution in [0.15, 0.2) is 24.3 Å². The third-order valence-corrected chi connectivity index (χ3v) is 4.57. The van der Waals surface area contributed by atoms with Crippen molar-refractivity contribution in [2.45, 2.75) is 76.9 Å². The number of benzene rings is 1. The van der Waals surface area contributed by atoms with Gasteiger partial charge in [0.2, 0.25) is 0 Å². The van der Waals surface area contributed by atoms with Gasteiger partial charge >= 0.3 is 0 Å². The van der Waals surface area contributed by atoms with Gasteiger partial charge in [0.25, 0.3) is 0 Å². The van der Waals surface area contributed by atoms with Crippen LogP contribution in [-0.2, 0) is 6.42 Å². The van der Waals surface area contributed by atoms with E-state index in [1.54, 1.807) is 7.11 Å². The Labute approximate surface area is 153 Å². The highest BCUT2D eigenvalue weighted by Gasteiger charge is 2.19. The minimum Gasteiger partial charge on any atom is -0.497 e. The summed E-state index contributed by atoms with van der Waals surface area (Å²) in [4.78, 5) is 0. The molecule has 0 aromatic heterocycles. The van der Waals surface area contributed by atoms with Crippen molar-refractivity contribution in [3.05, 3.63) is 29.8 Å². The average molecular weight is 352 g/mol. The summed E-state index contributed by atoms with van der Waals surface area (Å²) in [6, 6.07) is 8.16. The quantitative estimate of drug-likeness (QED) is 0.447. The summed E-state index contributed by atoms with van der Waals surface area (Å²) < 4.78 is 5.19. The highest BCUT2D eigenvalue weighted by atomic mass is 16.5. The van der Waals surface area contributed by atoms with Crippen molar-refractivity contribution in [3.63, 3.8) is 0 Å². The highest BCUT2D eigenvalue weighted by Crippen LogP contribution is 2.17. The SMILES string of the molecule is COc1ccc(CC(C)(C)NCC(O)CCCCCCCCO)cc1. The number of hydrogen-bond donors (Lipinski definition) is 3. The second kappa shape index (κ2) is 12.3. The number of rotatable bonds is 14. The van der Waals surface area contributed by atoms with Gasteiger partial charge < -0.3 is 20.3 Å². The number of aliphatic hydroxyl groups is 2. The molecule has 4 nitrogen and oxygen atoms in total. The molecule has 144 valence electrons. The number of unbranched alkanes of at least 4 members (excludes halogenated alkanes) is 5. The van der Waals surface area contributed by atoms with Gasteiger partial charge in [-0.25, -0.2) is 0 Å². The molecule has 4 heteroatoms. The summed E-state index contributed by atoms with van der Waals surface area (Å²) in [5.41, 5.74) is 1.20. The maximum Gasteiger partial charge on any atom is 0.118 e. The molecule has 0 fully saturated rings. The molecule has 0 aliphatic rings. The molecule has 0 saturated heterocycles. The predicted molar refractivity (Wildman–Crippen MR) is 104 cm³/mol. The molecule has 1 aromatic carbocycles. The first kappa shape index (κ1) is 21.9. The summed E-state index contributed by atoms with van der Waals surface area (Å²) in [6.07, 6.45) is 8.12. The second-order valence-corrected chi connectivity index (χ2v) is 7.58. The summed E-state index contributed by atoms with van der Waals surface area (Å²) in [5, 5.41) is 22.4. The number of aliphatic hydroxyl groups excluding tert-OH is 2. The smallest absolute Gasteiger partial charge is 0.118 e. The molecule has 0 bridgehead atoms.